The quantitative estimate of drug-likeness (QED) is 0.604. The largest absolute Gasteiger partial charge is 0.398 e. The van der Waals surface area contributed by atoms with Crippen LogP contribution in [0.15, 0.2) is 18.2 Å². The molecule has 90 valence electrons. The van der Waals surface area contributed by atoms with E-state index >= 15 is 0 Å². The van der Waals surface area contributed by atoms with Crippen LogP contribution in [0, 0.1) is 17.8 Å². The number of rotatable bonds is 2. The monoisotopic (exact) mass is 229 g/mol. The first kappa shape index (κ1) is 12.0. The molecule has 0 saturated heterocycles. The Kier molecular flexibility index (Phi) is 3.71. The average molecular weight is 229 g/mol. The van der Waals surface area contributed by atoms with E-state index in [0.717, 1.165) is 24.8 Å². The molecule has 1 aromatic carbocycles. The highest BCUT2D eigenvalue weighted by Crippen LogP contribution is 2.29. The molecule has 1 aliphatic carbocycles. The van der Waals surface area contributed by atoms with Gasteiger partial charge >= 0.3 is 0 Å². The van der Waals surface area contributed by atoms with Gasteiger partial charge in [-0.05, 0) is 42.9 Å². The Morgan fingerprint density at radius 1 is 1.47 bits per heavy atom. The van der Waals surface area contributed by atoms with Gasteiger partial charge in [-0.3, -0.25) is 0 Å². The van der Waals surface area contributed by atoms with E-state index in [1.807, 2.05) is 18.2 Å². The number of benzene rings is 1. The van der Waals surface area contributed by atoms with E-state index in [-0.39, 0.29) is 0 Å². The summed E-state index contributed by atoms with van der Waals surface area (Å²) in [5.41, 5.74) is 8.62. The number of anilines is 1. The second kappa shape index (κ2) is 5.25. The molecule has 1 atom stereocenters. The number of aryl methyl sites for hydroxylation is 1. The highest BCUT2D eigenvalue weighted by Gasteiger charge is 2.23. The van der Waals surface area contributed by atoms with Crippen LogP contribution in [0.25, 0.3) is 0 Å². The fraction of sp³-hybridized carbons (Fsp3) is 0.467. The van der Waals surface area contributed by atoms with Crippen LogP contribution in [0.2, 0.25) is 0 Å². The van der Waals surface area contributed by atoms with Gasteiger partial charge in [0.15, 0.2) is 0 Å². The minimum absolute atomic E-state index is 0.373. The molecule has 1 aliphatic rings. The van der Waals surface area contributed by atoms with Crippen molar-refractivity contribution in [2.24, 2.45) is 5.92 Å². The minimum atomic E-state index is -0.492. The Balaban J connectivity index is 2.14. The van der Waals surface area contributed by atoms with Gasteiger partial charge in [0, 0.05) is 11.3 Å². The van der Waals surface area contributed by atoms with E-state index < -0.39 is 6.10 Å². The lowest BCUT2D eigenvalue weighted by molar-refractivity contribution is 0.108. The second-order valence-electron chi connectivity index (χ2n) is 4.68. The van der Waals surface area contributed by atoms with Crippen molar-refractivity contribution >= 4 is 5.69 Å². The Hall–Kier alpha value is -1.46. The van der Waals surface area contributed by atoms with Crippen molar-refractivity contribution in [1.82, 2.24) is 0 Å². The molecule has 0 aliphatic heterocycles. The molecule has 1 saturated carbocycles. The summed E-state index contributed by atoms with van der Waals surface area (Å²) in [4.78, 5) is 0. The van der Waals surface area contributed by atoms with Gasteiger partial charge in [0.1, 0.15) is 6.10 Å². The predicted octanol–water partition coefficient (Wildman–Crippen LogP) is 2.34. The number of aliphatic hydroxyl groups excluding tert-OH is 1. The standard InChI is InChI=1S/C15H19NO/c1-2-11-6-8-14(16)13(10-11)7-9-15(17)12-4-3-5-12/h6,8,10,12,15,17H,2-5,16H2,1H3. The first-order chi connectivity index (χ1) is 8.20. The molecule has 0 spiro atoms. The molecule has 0 radical (unpaired) electrons. The molecule has 0 amide bonds. The number of nitrogen functional groups attached to an aromatic ring is 1. The summed E-state index contributed by atoms with van der Waals surface area (Å²) in [5, 5.41) is 9.83. The van der Waals surface area contributed by atoms with E-state index in [0.29, 0.717) is 11.6 Å². The average Bonchev–Trinajstić information content (AvgIpc) is 2.25. The Morgan fingerprint density at radius 3 is 2.82 bits per heavy atom. The second-order valence-corrected chi connectivity index (χ2v) is 4.68. The minimum Gasteiger partial charge on any atom is -0.398 e. The van der Waals surface area contributed by atoms with Crippen LogP contribution in [0.5, 0.6) is 0 Å². The Morgan fingerprint density at radius 2 is 2.24 bits per heavy atom. The SMILES string of the molecule is CCc1ccc(N)c(C#CC(O)C2CCC2)c1. The van der Waals surface area contributed by atoms with Gasteiger partial charge in [0.25, 0.3) is 0 Å². The first-order valence-corrected chi connectivity index (χ1v) is 6.28. The number of hydrogen-bond donors (Lipinski definition) is 2. The maximum atomic E-state index is 9.83. The molecular weight excluding hydrogens is 210 g/mol. The molecule has 1 aromatic rings. The third-order valence-electron chi connectivity index (χ3n) is 3.48. The molecule has 2 heteroatoms. The molecule has 0 bridgehead atoms. The van der Waals surface area contributed by atoms with Gasteiger partial charge < -0.3 is 10.8 Å². The van der Waals surface area contributed by atoms with E-state index in [1.54, 1.807) is 0 Å². The third kappa shape index (κ3) is 2.81. The molecule has 17 heavy (non-hydrogen) atoms. The number of nitrogens with two attached hydrogens (primary N) is 1. The lowest BCUT2D eigenvalue weighted by Gasteiger charge is -2.26. The van der Waals surface area contributed by atoms with Crippen molar-refractivity contribution in [1.29, 1.82) is 0 Å². The zero-order valence-corrected chi connectivity index (χ0v) is 10.2. The number of aliphatic hydroxyl groups is 1. The van der Waals surface area contributed by atoms with Crippen LogP contribution >= 0.6 is 0 Å². The van der Waals surface area contributed by atoms with Crippen molar-refractivity contribution in [3.8, 4) is 11.8 Å². The van der Waals surface area contributed by atoms with Gasteiger partial charge in [-0.15, -0.1) is 0 Å². The van der Waals surface area contributed by atoms with E-state index in [9.17, 15) is 5.11 Å². The van der Waals surface area contributed by atoms with Crippen LogP contribution in [0.3, 0.4) is 0 Å². The van der Waals surface area contributed by atoms with Gasteiger partial charge in [0.05, 0.1) is 0 Å². The first-order valence-electron chi connectivity index (χ1n) is 6.28. The third-order valence-corrected chi connectivity index (χ3v) is 3.48. The lowest BCUT2D eigenvalue weighted by atomic mass is 9.81. The van der Waals surface area contributed by atoms with E-state index in [1.165, 1.54) is 12.0 Å². The fourth-order valence-electron chi connectivity index (χ4n) is 1.96. The summed E-state index contributed by atoms with van der Waals surface area (Å²) in [6.45, 7) is 2.10. The summed E-state index contributed by atoms with van der Waals surface area (Å²) in [6.07, 6.45) is 3.89. The highest BCUT2D eigenvalue weighted by molar-refractivity contribution is 5.57. The summed E-state index contributed by atoms with van der Waals surface area (Å²) in [5.74, 6) is 6.30. The normalized spacial score (nSPS) is 16.8. The van der Waals surface area contributed by atoms with Gasteiger partial charge in [-0.25, -0.2) is 0 Å². The molecule has 2 rings (SSSR count). The van der Waals surface area contributed by atoms with Crippen molar-refractivity contribution < 1.29 is 5.11 Å². The predicted molar refractivity (Wildman–Crippen MR) is 70.5 cm³/mol. The van der Waals surface area contributed by atoms with Crippen molar-refractivity contribution in [3.05, 3.63) is 29.3 Å². The topological polar surface area (TPSA) is 46.2 Å². The van der Waals surface area contributed by atoms with Crippen LogP contribution < -0.4 is 5.73 Å². The van der Waals surface area contributed by atoms with Gasteiger partial charge in [-0.1, -0.05) is 31.3 Å². The van der Waals surface area contributed by atoms with Crippen molar-refractivity contribution in [3.63, 3.8) is 0 Å². The Labute approximate surface area is 103 Å². The maximum Gasteiger partial charge on any atom is 0.117 e. The van der Waals surface area contributed by atoms with E-state index in [2.05, 4.69) is 18.8 Å². The summed E-state index contributed by atoms with van der Waals surface area (Å²) < 4.78 is 0. The zero-order valence-electron chi connectivity index (χ0n) is 10.2. The molecule has 0 heterocycles. The van der Waals surface area contributed by atoms with Gasteiger partial charge in [-0.2, -0.15) is 0 Å². The van der Waals surface area contributed by atoms with Crippen LogP contribution in [-0.4, -0.2) is 11.2 Å². The van der Waals surface area contributed by atoms with E-state index in [4.69, 9.17) is 5.73 Å². The van der Waals surface area contributed by atoms with Crippen LogP contribution in [0.1, 0.15) is 37.3 Å². The number of hydrogen-bond acceptors (Lipinski definition) is 2. The Bertz CT molecular complexity index is 452. The summed E-state index contributed by atoms with van der Waals surface area (Å²) in [7, 11) is 0. The van der Waals surface area contributed by atoms with Crippen LogP contribution in [-0.2, 0) is 6.42 Å². The highest BCUT2D eigenvalue weighted by atomic mass is 16.3. The molecule has 0 aromatic heterocycles. The zero-order chi connectivity index (χ0) is 12.3. The van der Waals surface area contributed by atoms with Crippen molar-refractivity contribution in [2.45, 2.75) is 38.7 Å². The maximum absolute atomic E-state index is 9.83. The fourth-order valence-corrected chi connectivity index (χ4v) is 1.96. The molecule has 1 unspecified atom stereocenters. The molecular formula is C15H19NO. The molecule has 2 nitrogen and oxygen atoms in total. The lowest BCUT2D eigenvalue weighted by Crippen LogP contribution is -2.25. The van der Waals surface area contributed by atoms with Crippen molar-refractivity contribution in [2.75, 3.05) is 5.73 Å². The van der Waals surface area contributed by atoms with Crippen LogP contribution in [0.4, 0.5) is 5.69 Å². The van der Waals surface area contributed by atoms with Gasteiger partial charge in [0.2, 0.25) is 0 Å². The summed E-state index contributed by atoms with van der Waals surface area (Å²) >= 11 is 0. The molecule has 1 fully saturated rings. The smallest absolute Gasteiger partial charge is 0.117 e. The molecule has 3 N–H and O–H groups in total. The summed E-state index contributed by atoms with van der Waals surface area (Å²) in [6, 6.07) is 5.91.